The van der Waals surface area contributed by atoms with Gasteiger partial charge in [-0.15, -0.1) is 0 Å². The number of aliphatic hydroxyl groups is 1. The first-order valence-corrected chi connectivity index (χ1v) is 6.52. The summed E-state index contributed by atoms with van der Waals surface area (Å²) in [6.07, 6.45) is 3.51. The van der Waals surface area contributed by atoms with Crippen LogP contribution in [-0.2, 0) is 9.59 Å². The maximum absolute atomic E-state index is 12.1. The summed E-state index contributed by atoms with van der Waals surface area (Å²) in [4.78, 5) is 24.0. The molecule has 0 bridgehead atoms. The number of hydrogen-bond donors (Lipinski definition) is 1. The maximum Gasteiger partial charge on any atom is 0.173 e. The van der Waals surface area contributed by atoms with E-state index in [1.807, 2.05) is 33.8 Å². The Hall–Kier alpha value is -1.38. The van der Waals surface area contributed by atoms with Gasteiger partial charge in [-0.3, -0.25) is 9.59 Å². The number of aliphatic hydroxyl groups excluding tert-OH is 1. The molecule has 0 amide bonds. The molecule has 0 heterocycles. The Kier molecular flexibility index (Phi) is 4.88. The highest BCUT2D eigenvalue weighted by molar-refractivity contribution is 6.26. The molecular formula is C15H22O3. The van der Waals surface area contributed by atoms with Gasteiger partial charge in [0.25, 0.3) is 0 Å². The van der Waals surface area contributed by atoms with E-state index in [-0.39, 0.29) is 41.2 Å². The van der Waals surface area contributed by atoms with Crippen LogP contribution in [0.5, 0.6) is 0 Å². The molecule has 0 aromatic rings. The van der Waals surface area contributed by atoms with E-state index in [1.54, 1.807) is 0 Å². The lowest BCUT2D eigenvalue weighted by atomic mass is 9.97. The highest BCUT2D eigenvalue weighted by atomic mass is 16.3. The van der Waals surface area contributed by atoms with Crippen molar-refractivity contribution in [3.8, 4) is 0 Å². The van der Waals surface area contributed by atoms with Crippen molar-refractivity contribution in [3.05, 3.63) is 23.0 Å². The normalized spacial score (nSPS) is 24.1. The van der Waals surface area contributed by atoms with E-state index in [9.17, 15) is 14.7 Å². The third kappa shape index (κ3) is 3.09. The van der Waals surface area contributed by atoms with Crippen LogP contribution in [0.2, 0.25) is 0 Å². The molecule has 1 fully saturated rings. The van der Waals surface area contributed by atoms with E-state index in [4.69, 9.17) is 0 Å². The van der Waals surface area contributed by atoms with Gasteiger partial charge in [0.05, 0.1) is 5.57 Å². The summed E-state index contributed by atoms with van der Waals surface area (Å²) in [5.74, 6) is -0.823. The molecule has 3 nitrogen and oxygen atoms in total. The molecule has 0 saturated heterocycles. The second-order valence-electron chi connectivity index (χ2n) is 5.28. The Labute approximate surface area is 109 Å². The summed E-state index contributed by atoms with van der Waals surface area (Å²) in [5, 5.41) is 9.98. The maximum atomic E-state index is 12.1. The monoisotopic (exact) mass is 250 g/mol. The van der Waals surface area contributed by atoms with Crippen LogP contribution < -0.4 is 0 Å². The van der Waals surface area contributed by atoms with Crippen molar-refractivity contribution in [1.82, 2.24) is 0 Å². The number of rotatable bonds is 4. The van der Waals surface area contributed by atoms with Crippen molar-refractivity contribution in [2.24, 2.45) is 11.8 Å². The largest absolute Gasteiger partial charge is 0.511 e. The minimum atomic E-state index is -0.284. The summed E-state index contributed by atoms with van der Waals surface area (Å²) in [6.45, 7) is 7.68. The van der Waals surface area contributed by atoms with Gasteiger partial charge in [0, 0.05) is 18.3 Å². The van der Waals surface area contributed by atoms with Crippen molar-refractivity contribution in [3.63, 3.8) is 0 Å². The Morgan fingerprint density at radius 3 is 2.56 bits per heavy atom. The van der Waals surface area contributed by atoms with Crippen LogP contribution in [0.4, 0.5) is 0 Å². The van der Waals surface area contributed by atoms with Crippen LogP contribution in [0.1, 0.15) is 47.0 Å². The van der Waals surface area contributed by atoms with Crippen LogP contribution in [0, 0.1) is 11.8 Å². The topological polar surface area (TPSA) is 54.4 Å². The Bertz CT molecular complexity index is 411. The molecule has 3 heteroatoms. The number of carbonyl (C=O) groups excluding carboxylic acids is 2. The average Bonchev–Trinajstić information content (AvgIpc) is 2.60. The average molecular weight is 250 g/mol. The fourth-order valence-corrected chi connectivity index (χ4v) is 2.04. The zero-order valence-corrected chi connectivity index (χ0v) is 11.6. The fraction of sp³-hybridized carbons (Fsp3) is 0.600. The summed E-state index contributed by atoms with van der Waals surface area (Å²) in [7, 11) is 0. The highest BCUT2D eigenvalue weighted by Gasteiger charge is 2.38. The molecule has 1 N–H and O–H groups in total. The lowest BCUT2D eigenvalue weighted by Gasteiger charge is -2.09. The molecule has 0 aromatic carbocycles. The Balaban J connectivity index is 2.95. The number of hydrogen-bond acceptors (Lipinski definition) is 3. The van der Waals surface area contributed by atoms with E-state index < -0.39 is 0 Å². The molecule has 1 saturated carbocycles. The van der Waals surface area contributed by atoms with Crippen molar-refractivity contribution in [2.45, 2.75) is 47.0 Å². The highest BCUT2D eigenvalue weighted by Crippen LogP contribution is 2.31. The molecule has 1 aliphatic carbocycles. The molecule has 0 aliphatic heterocycles. The minimum Gasteiger partial charge on any atom is -0.511 e. The summed E-state index contributed by atoms with van der Waals surface area (Å²) >= 11 is 0. The van der Waals surface area contributed by atoms with Gasteiger partial charge >= 0.3 is 0 Å². The summed E-state index contributed by atoms with van der Waals surface area (Å²) < 4.78 is 0. The van der Waals surface area contributed by atoms with Crippen LogP contribution in [0.3, 0.4) is 0 Å². The van der Waals surface area contributed by atoms with E-state index in [0.717, 1.165) is 5.57 Å². The quantitative estimate of drug-likeness (QED) is 0.360. The third-order valence-electron chi connectivity index (χ3n) is 3.47. The van der Waals surface area contributed by atoms with Crippen molar-refractivity contribution in [1.29, 1.82) is 0 Å². The molecule has 1 rings (SSSR count). The minimum absolute atomic E-state index is 0.0211. The Morgan fingerprint density at radius 1 is 1.44 bits per heavy atom. The number of allylic oxidation sites excluding steroid dienone is 4. The SMILES string of the molecule is CCC(C)C(O)=C1C(=O)C[C@H](CC=C(C)C)C1=O. The zero-order valence-electron chi connectivity index (χ0n) is 11.6. The molecule has 0 spiro atoms. The van der Waals surface area contributed by atoms with E-state index in [2.05, 4.69) is 0 Å². The smallest absolute Gasteiger partial charge is 0.173 e. The van der Waals surface area contributed by atoms with Gasteiger partial charge in [0.15, 0.2) is 11.6 Å². The third-order valence-corrected chi connectivity index (χ3v) is 3.47. The lowest BCUT2D eigenvalue weighted by Crippen LogP contribution is -2.12. The Morgan fingerprint density at radius 2 is 2.06 bits per heavy atom. The van der Waals surface area contributed by atoms with Crippen LogP contribution in [0.25, 0.3) is 0 Å². The summed E-state index contributed by atoms with van der Waals surface area (Å²) in [5.41, 5.74) is 1.19. The fourth-order valence-electron chi connectivity index (χ4n) is 2.04. The van der Waals surface area contributed by atoms with E-state index in [1.165, 1.54) is 0 Å². The second kappa shape index (κ2) is 5.98. The van der Waals surface area contributed by atoms with E-state index >= 15 is 0 Å². The van der Waals surface area contributed by atoms with Crippen molar-refractivity contribution < 1.29 is 14.7 Å². The molecule has 100 valence electrons. The van der Waals surface area contributed by atoms with Gasteiger partial charge < -0.3 is 5.11 Å². The molecule has 2 atom stereocenters. The lowest BCUT2D eigenvalue weighted by molar-refractivity contribution is -0.118. The van der Waals surface area contributed by atoms with Gasteiger partial charge in [0.2, 0.25) is 0 Å². The van der Waals surface area contributed by atoms with Gasteiger partial charge in [-0.2, -0.15) is 0 Å². The molecular weight excluding hydrogens is 228 g/mol. The van der Waals surface area contributed by atoms with Gasteiger partial charge in [-0.25, -0.2) is 0 Å². The van der Waals surface area contributed by atoms with Gasteiger partial charge in [-0.1, -0.05) is 25.5 Å². The first kappa shape index (κ1) is 14.7. The first-order valence-electron chi connectivity index (χ1n) is 6.52. The number of carbonyl (C=O) groups is 2. The van der Waals surface area contributed by atoms with E-state index in [0.29, 0.717) is 12.8 Å². The van der Waals surface area contributed by atoms with Crippen molar-refractivity contribution in [2.75, 3.05) is 0 Å². The molecule has 0 aromatic heterocycles. The van der Waals surface area contributed by atoms with Crippen LogP contribution >= 0.6 is 0 Å². The second-order valence-corrected chi connectivity index (χ2v) is 5.28. The molecule has 1 aliphatic rings. The van der Waals surface area contributed by atoms with Gasteiger partial charge in [-0.05, 0) is 26.7 Å². The molecule has 18 heavy (non-hydrogen) atoms. The zero-order chi connectivity index (χ0) is 13.9. The standard InChI is InChI=1S/C15H22O3/c1-5-10(4)14(17)13-12(16)8-11(15(13)18)7-6-9(2)3/h6,10-11,17H,5,7-8H2,1-4H3/t10?,11-/m0/s1. The predicted octanol–water partition coefficient (Wildman–Crippen LogP) is 3.36. The molecule has 0 radical (unpaired) electrons. The molecule has 1 unspecified atom stereocenters. The van der Waals surface area contributed by atoms with Crippen molar-refractivity contribution >= 4 is 11.6 Å². The van der Waals surface area contributed by atoms with Crippen LogP contribution in [-0.4, -0.2) is 16.7 Å². The predicted molar refractivity (Wildman–Crippen MR) is 71.3 cm³/mol. The number of Topliss-reactive ketones (excluding diaryl/α,β-unsaturated/α-hetero) is 2. The van der Waals surface area contributed by atoms with Crippen LogP contribution in [0.15, 0.2) is 23.0 Å². The summed E-state index contributed by atoms with van der Waals surface area (Å²) in [6, 6.07) is 0. The van der Waals surface area contributed by atoms with Gasteiger partial charge in [0.1, 0.15) is 5.76 Å². The first-order chi connectivity index (χ1) is 8.38. The number of ketones is 2.